The highest BCUT2D eigenvalue weighted by Gasteiger charge is 2.29. The number of ether oxygens (including phenoxy) is 1. The first kappa shape index (κ1) is 24.7. The number of fused-ring (bicyclic) bond motifs is 2. The molecule has 4 heterocycles. The monoisotopic (exact) mass is 525 g/mol. The van der Waals surface area contributed by atoms with Gasteiger partial charge in [0.15, 0.2) is 0 Å². The third kappa shape index (κ3) is 5.54. The second-order valence-corrected chi connectivity index (χ2v) is 10.1. The number of aryl methyl sites for hydroxylation is 1. The Morgan fingerprint density at radius 2 is 1.94 bits per heavy atom. The van der Waals surface area contributed by atoms with Gasteiger partial charge in [-0.25, -0.2) is 9.97 Å². The predicted octanol–water partition coefficient (Wildman–Crippen LogP) is 6.26. The van der Waals surface area contributed by atoms with Crippen LogP contribution >= 0.6 is 11.3 Å². The van der Waals surface area contributed by atoms with E-state index >= 15 is 0 Å². The first-order chi connectivity index (χ1) is 17.1. The molecule has 12 heteroatoms. The van der Waals surface area contributed by atoms with Gasteiger partial charge in [0.25, 0.3) is 0 Å². The molecule has 0 amide bonds. The minimum Gasteiger partial charge on any atom is -0.434 e. The number of anilines is 1. The summed E-state index contributed by atoms with van der Waals surface area (Å²) in [5.41, 5.74) is 2.31. The molecule has 0 spiro atoms. The van der Waals surface area contributed by atoms with Gasteiger partial charge in [-0.05, 0) is 38.0 Å². The number of aromatic nitrogens is 3. The largest absolute Gasteiger partial charge is 0.434 e. The van der Waals surface area contributed by atoms with E-state index in [1.807, 2.05) is 19.1 Å². The van der Waals surface area contributed by atoms with Crippen LogP contribution < -0.4 is 10.1 Å². The van der Waals surface area contributed by atoms with E-state index in [0.717, 1.165) is 35.4 Å². The van der Waals surface area contributed by atoms with E-state index in [0.29, 0.717) is 46.6 Å². The van der Waals surface area contributed by atoms with Crippen molar-refractivity contribution in [3.63, 3.8) is 0 Å². The second-order valence-electron chi connectivity index (χ2n) is 8.99. The Balaban J connectivity index is 1.25. The molecule has 36 heavy (non-hydrogen) atoms. The molecular weight excluding hydrogens is 501 g/mol. The van der Waals surface area contributed by atoms with Crippen LogP contribution in [-0.2, 0) is 13.0 Å². The molecule has 0 saturated carbocycles. The lowest BCUT2D eigenvalue weighted by atomic mass is 10.0. The number of hydrogen-bond acceptors (Lipinski definition) is 6. The molecule has 1 aromatic carbocycles. The summed E-state index contributed by atoms with van der Waals surface area (Å²) in [6, 6.07) is 7.08. The van der Waals surface area contributed by atoms with Crippen molar-refractivity contribution in [2.45, 2.75) is 51.6 Å². The number of aromatic amines is 1. The maximum Gasteiger partial charge on any atom is 0.393 e. The standard InChI is InChI=1S/C24H24F5N5OS/c1-13-8-17-19(32-13)3-2-14(20(17)35-23(25)26)11-34-6-4-15(5-7-34)33-21-18-9-16(10-24(27,28)29)36-22(18)31-12-30-21/h2-3,8-9,12,15,23,32H,4-7,10-11H2,1H3,(H,30,31,33). The lowest BCUT2D eigenvalue weighted by molar-refractivity contribution is -0.126. The smallest absolute Gasteiger partial charge is 0.393 e. The minimum absolute atomic E-state index is 0.0805. The number of benzene rings is 1. The van der Waals surface area contributed by atoms with Gasteiger partial charge in [-0.2, -0.15) is 22.0 Å². The maximum absolute atomic E-state index is 13.1. The van der Waals surface area contributed by atoms with E-state index in [4.69, 9.17) is 4.74 Å². The van der Waals surface area contributed by atoms with Crippen LogP contribution in [-0.4, -0.2) is 51.8 Å². The van der Waals surface area contributed by atoms with Crippen LogP contribution in [0.4, 0.5) is 27.8 Å². The topological polar surface area (TPSA) is 66.1 Å². The Morgan fingerprint density at radius 1 is 1.17 bits per heavy atom. The quantitative estimate of drug-likeness (QED) is 0.279. The Labute approximate surface area is 207 Å². The molecule has 5 rings (SSSR count). The molecule has 2 N–H and O–H groups in total. The number of nitrogens with one attached hydrogen (secondary N) is 2. The molecule has 0 atom stereocenters. The number of nitrogens with zero attached hydrogens (tertiary/aromatic N) is 3. The summed E-state index contributed by atoms with van der Waals surface area (Å²) in [6.07, 6.45) is -2.38. The van der Waals surface area contributed by atoms with Crippen molar-refractivity contribution in [3.05, 3.63) is 46.7 Å². The minimum atomic E-state index is -4.28. The normalized spacial score (nSPS) is 15.9. The molecule has 0 radical (unpaired) electrons. The summed E-state index contributed by atoms with van der Waals surface area (Å²) >= 11 is 1.02. The average Bonchev–Trinajstić information content (AvgIpc) is 3.38. The summed E-state index contributed by atoms with van der Waals surface area (Å²) in [5.74, 6) is 0.728. The molecular formula is C24H24F5N5OS. The highest BCUT2D eigenvalue weighted by atomic mass is 32.1. The molecule has 1 saturated heterocycles. The number of hydrogen-bond donors (Lipinski definition) is 2. The van der Waals surface area contributed by atoms with Crippen LogP contribution in [0.2, 0.25) is 0 Å². The third-order valence-corrected chi connectivity index (χ3v) is 7.30. The summed E-state index contributed by atoms with van der Waals surface area (Å²) in [4.78, 5) is 14.4. The molecule has 0 bridgehead atoms. The van der Waals surface area contributed by atoms with Gasteiger partial charge in [-0.3, -0.25) is 4.90 Å². The number of thiophene rings is 1. The lowest BCUT2D eigenvalue weighted by Gasteiger charge is -2.33. The summed E-state index contributed by atoms with van der Waals surface area (Å²) in [7, 11) is 0. The van der Waals surface area contributed by atoms with E-state index < -0.39 is 19.2 Å². The third-order valence-electron chi connectivity index (χ3n) is 6.25. The van der Waals surface area contributed by atoms with Crippen LogP contribution in [0.1, 0.15) is 29.0 Å². The first-order valence-electron chi connectivity index (χ1n) is 11.5. The average molecular weight is 526 g/mol. The fourth-order valence-electron chi connectivity index (χ4n) is 4.69. The molecule has 4 aromatic rings. The van der Waals surface area contributed by atoms with Crippen LogP contribution in [0.5, 0.6) is 5.75 Å². The second kappa shape index (κ2) is 9.81. The Morgan fingerprint density at radius 3 is 2.67 bits per heavy atom. The zero-order valence-corrected chi connectivity index (χ0v) is 20.1. The number of rotatable bonds is 7. The van der Waals surface area contributed by atoms with Crippen molar-refractivity contribution in [1.82, 2.24) is 19.9 Å². The van der Waals surface area contributed by atoms with Gasteiger partial charge in [0, 0.05) is 52.7 Å². The lowest BCUT2D eigenvalue weighted by Crippen LogP contribution is -2.38. The van der Waals surface area contributed by atoms with E-state index in [1.165, 1.54) is 12.4 Å². The van der Waals surface area contributed by atoms with Gasteiger partial charge in [0.05, 0.1) is 11.8 Å². The van der Waals surface area contributed by atoms with Crippen molar-refractivity contribution in [1.29, 1.82) is 0 Å². The number of H-pyrrole nitrogens is 1. The van der Waals surface area contributed by atoms with Crippen LogP contribution in [0.15, 0.2) is 30.6 Å². The molecule has 3 aromatic heterocycles. The maximum atomic E-state index is 13.1. The van der Waals surface area contributed by atoms with Crippen LogP contribution in [0.25, 0.3) is 21.1 Å². The number of piperidine rings is 1. The van der Waals surface area contributed by atoms with Gasteiger partial charge in [-0.15, -0.1) is 11.3 Å². The van der Waals surface area contributed by atoms with Crippen LogP contribution in [0, 0.1) is 6.92 Å². The van der Waals surface area contributed by atoms with Crippen molar-refractivity contribution in [2.24, 2.45) is 0 Å². The van der Waals surface area contributed by atoms with Crippen molar-refractivity contribution in [3.8, 4) is 5.75 Å². The molecule has 1 fully saturated rings. The molecule has 1 aliphatic rings. The Hall–Kier alpha value is -2.99. The molecule has 6 nitrogen and oxygen atoms in total. The SMILES string of the molecule is Cc1cc2c(OC(F)F)c(CN3CCC(Nc4ncnc5sc(CC(F)(F)F)cc45)CC3)ccc2[nH]1. The predicted molar refractivity (Wildman–Crippen MR) is 129 cm³/mol. The van der Waals surface area contributed by atoms with Gasteiger partial charge in [0.2, 0.25) is 0 Å². The van der Waals surface area contributed by atoms with Gasteiger partial charge in [-0.1, -0.05) is 6.07 Å². The summed E-state index contributed by atoms with van der Waals surface area (Å²) in [6.45, 7) is 0.846. The summed E-state index contributed by atoms with van der Waals surface area (Å²) < 4.78 is 69.6. The highest BCUT2D eigenvalue weighted by molar-refractivity contribution is 7.18. The van der Waals surface area contributed by atoms with Crippen molar-refractivity contribution < 1.29 is 26.7 Å². The molecule has 192 valence electrons. The number of halogens is 5. The van der Waals surface area contributed by atoms with Crippen molar-refractivity contribution in [2.75, 3.05) is 18.4 Å². The summed E-state index contributed by atoms with van der Waals surface area (Å²) in [5, 5.41) is 4.59. The highest BCUT2D eigenvalue weighted by Crippen LogP contribution is 2.35. The zero-order valence-electron chi connectivity index (χ0n) is 19.3. The van der Waals surface area contributed by atoms with E-state index in [1.54, 1.807) is 6.07 Å². The van der Waals surface area contributed by atoms with Gasteiger partial charge < -0.3 is 15.0 Å². The first-order valence-corrected chi connectivity index (χ1v) is 12.3. The van der Waals surface area contributed by atoms with E-state index in [2.05, 4.69) is 25.2 Å². The van der Waals surface area contributed by atoms with Gasteiger partial charge in [0.1, 0.15) is 22.7 Å². The zero-order chi connectivity index (χ0) is 25.4. The number of alkyl halides is 5. The fraction of sp³-hybridized carbons (Fsp3) is 0.417. The Kier molecular flexibility index (Phi) is 6.73. The molecule has 0 aliphatic carbocycles. The molecule has 1 aliphatic heterocycles. The van der Waals surface area contributed by atoms with E-state index in [-0.39, 0.29) is 16.7 Å². The van der Waals surface area contributed by atoms with Crippen molar-refractivity contribution >= 4 is 38.3 Å². The molecule has 0 unspecified atom stereocenters. The van der Waals surface area contributed by atoms with Gasteiger partial charge >= 0.3 is 12.8 Å². The van der Waals surface area contributed by atoms with Crippen LogP contribution in [0.3, 0.4) is 0 Å². The fourth-order valence-corrected chi connectivity index (χ4v) is 5.72. The number of likely N-dealkylation sites (tertiary alicyclic amines) is 1. The Bertz CT molecular complexity index is 1360. The van der Waals surface area contributed by atoms with E-state index in [9.17, 15) is 22.0 Å².